The molecule has 12 heavy (non-hydrogen) atoms. The summed E-state index contributed by atoms with van der Waals surface area (Å²) in [6.07, 6.45) is 2.08. The van der Waals surface area contributed by atoms with Crippen molar-refractivity contribution in [3.63, 3.8) is 0 Å². The van der Waals surface area contributed by atoms with Crippen molar-refractivity contribution < 1.29 is 4.79 Å². The van der Waals surface area contributed by atoms with E-state index in [2.05, 4.69) is 6.08 Å². The molecule has 0 atom stereocenters. The Kier molecular flexibility index (Phi) is 2.04. The predicted molar refractivity (Wildman–Crippen MR) is 50.2 cm³/mol. The monoisotopic (exact) mass is 274 g/mol. The van der Waals surface area contributed by atoms with E-state index in [0.29, 0.717) is 3.83 Å². The number of rotatable bonds is 0. The van der Waals surface area contributed by atoms with Gasteiger partial charge >= 0.3 is 81.6 Å². The van der Waals surface area contributed by atoms with E-state index in [4.69, 9.17) is 0 Å². The van der Waals surface area contributed by atoms with Crippen molar-refractivity contribution >= 4 is 28.4 Å². The Labute approximate surface area is 81.6 Å². The molecule has 1 aromatic carbocycles. The van der Waals surface area contributed by atoms with Crippen LogP contribution < -0.4 is 0 Å². The summed E-state index contributed by atoms with van der Waals surface area (Å²) < 4.78 is 1.67. The standard InChI is InChI=1S/C10H8OTe/c1-2-9-7-5-3-4-6-8(7)10(11)12-9/h2-6H,1H3/b9-2+. The molecule has 0 unspecified atom stereocenters. The van der Waals surface area contributed by atoms with Gasteiger partial charge in [-0.05, 0) is 0 Å². The number of carbonyl (C=O) groups excluding carboxylic acids is 1. The van der Waals surface area contributed by atoms with Crippen LogP contribution in [0.15, 0.2) is 30.3 Å². The SMILES string of the molecule is C/C=C1/[Te]C(=O)c2ccccc21. The Morgan fingerprint density at radius 1 is 1.25 bits per heavy atom. The van der Waals surface area contributed by atoms with Crippen molar-refractivity contribution in [2.24, 2.45) is 0 Å². The minimum absolute atomic E-state index is 0.379. The molecule has 0 saturated carbocycles. The predicted octanol–water partition coefficient (Wildman–Crippen LogP) is 1.91. The Hall–Kier alpha value is -0.580. The summed E-state index contributed by atoms with van der Waals surface area (Å²) in [7, 11) is 0. The van der Waals surface area contributed by atoms with Crippen molar-refractivity contribution in [2.75, 3.05) is 0 Å². The zero-order chi connectivity index (χ0) is 8.55. The first-order valence-electron chi connectivity index (χ1n) is 3.81. The van der Waals surface area contributed by atoms with Gasteiger partial charge in [-0.25, -0.2) is 0 Å². The molecule has 0 radical (unpaired) electrons. The molecule has 0 bridgehead atoms. The van der Waals surface area contributed by atoms with E-state index < -0.39 is 20.9 Å². The van der Waals surface area contributed by atoms with Crippen molar-refractivity contribution in [1.82, 2.24) is 0 Å². The maximum absolute atomic E-state index is 11.5. The number of benzene rings is 1. The fourth-order valence-electron chi connectivity index (χ4n) is 1.30. The first-order valence-corrected chi connectivity index (χ1v) is 6.14. The molecule has 0 spiro atoms. The average Bonchev–Trinajstić information content (AvgIpc) is 2.44. The molecule has 0 aliphatic carbocycles. The summed E-state index contributed by atoms with van der Waals surface area (Å²) in [4.78, 5) is 11.5. The zero-order valence-electron chi connectivity index (χ0n) is 6.70. The van der Waals surface area contributed by atoms with Crippen LogP contribution in [-0.4, -0.2) is 24.8 Å². The Balaban J connectivity index is 2.65. The molecule has 2 rings (SSSR count). The van der Waals surface area contributed by atoms with Crippen LogP contribution in [0.1, 0.15) is 22.8 Å². The minimum atomic E-state index is -0.571. The Bertz CT molecular complexity index is 366. The van der Waals surface area contributed by atoms with E-state index in [-0.39, 0.29) is 0 Å². The van der Waals surface area contributed by atoms with Gasteiger partial charge in [-0.1, -0.05) is 0 Å². The Morgan fingerprint density at radius 3 is 2.58 bits per heavy atom. The molecular formula is C10H8OTe. The van der Waals surface area contributed by atoms with Crippen LogP contribution in [0.25, 0.3) is 3.62 Å². The first kappa shape index (κ1) is 8.04. The number of fused-ring (bicyclic) bond motifs is 1. The van der Waals surface area contributed by atoms with Crippen molar-refractivity contribution in [3.05, 3.63) is 41.5 Å². The molecule has 1 nitrogen and oxygen atoms in total. The third-order valence-corrected chi connectivity index (χ3v) is 4.96. The molecule has 60 valence electrons. The molecule has 0 amide bonds. The van der Waals surface area contributed by atoms with E-state index in [9.17, 15) is 4.79 Å². The van der Waals surface area contributed by atoms with E-state index in [1.54, 1.807) is 0 Å². The normalized spacial score (nSPS) is 18.4. The topological polar surface area (TPSA) is 17.1 Å². The van der Waals surface area contributed by atoms with Crippen LogP contribution in [0.3, 0.4) is 0 Å². The van der Waals surface area contributed by atoms with Gasteiger partial charge in [0.05, 0.1) is 0 Å². The molecule has 1 aliphatic rings. The van der Waals surface area contributed by atoms with Crippen molar-refractivity contribution in [2.45, 2.75) is 6.92 Å². The van der Waals surface area contributed by atoms with Gasteiger partial charge in [0.1, 0.15) is 0 Å². The number of carbonyl (C=O) groups is 1. The molecular weight excluding hydrogens is 264 g/mol. The van der Waals surface area contributed by atoms with Crippen LogP contribution in [-0.2, 0) is 0 Å². The number of hydrogen-bond acceptors (Lipinski definition) is 1. The van der Waals surface area contributed by atoms with Gasteiger partial charge in [0.25, 0.3) is 0 Å². The second-order valence-electron chi connectivity index (χ2n) is 2.59. The molecule has 1 aromatic rings. The molecule has 1 aliphatic heterocycles. The second-order valence-corrected chi connectivity index (χ2v) is 5.48. The molecule has 1 heterocycles. The molecule has 0 fully saturated rings. The summed E-state index contributed by atoms with van der Waals surface area (Å²) in [6, 6.07) is 7.90. The van der Waals surface area contributed by atoms with Crippen LogP contribution in [0.2, 0.25) is 0 Å². The summed E-state index contributed by atoms with van der Waals surface area (Å²) in [6.45, 7) is 2.01. The van der Waals surface area contributed by atoms with Gasteiger partial charge in [-0.15, -0.1) is 0 Å². The second kappa shape index (κ2) is 3.05. The van der Waals surface area contributed by atoms with Crippen molar-refractivity contribution in [1.29, 1.82) is 0 Å². The maximum atomic E-state index is 11.5. The summed E-state index contributed by atoms with van der Waals surface area (Å²) in [5.74, 6) is 0. The van der Waals surface area contributed by atoms with Gasteiger partial charge in [0, 0.05) is 0 Å². The van der Waals surface area contributed by atoms with Crippen LogP contribution in [0.4, 0.5) is 0 Å². The third-order valence-electron chi connectivity index (χ3n) is 1.88. The molecule has 0 N–H and O–H groups in total. The van der Waals surface area contributed by atoms with E-state index in [0.717, 1.165) is 5.56 Å². The van der Waals surface area contributed by atoms with Gasteiger partial charge in [-0.2, -0.15) is 0 Å². The average molecular weight is 272 g/mol. The van der Waals surface area contributed by atoms with Crippen LogP contribution in [0, 0.1) is 0 Å². The van der Waals surface area contributed by atoms with Crippen LogP contribution >= 0.6 is 0 Å². The first-order chi connectivity index (χ1) is 5.83. The summed E-state index contributed by atoms with van der Waals surface area (Å²) in [5, 5.41) is 0. The van der Waals surface area contributed by atoms with Gasteiger partial charge in [-0.3, -0.25) is 0 Å². The van der Waals surface area contributed by atoms with Gasteiger partial charge < -0.3 is 0 Å². The van der Waals surface area contributed by atoms with Crippen LogP contribution in [0.5, 0.6) is 0 Å². The van der Waals surface area contributed by atoms with Gasteiger partial charge in [0.15, 0.2) is 0 Å². The number of allylic oxidation sites excluding steroid dienone is 1. The molecule has 0 aromatic heterocycles. The quantitative estimate of drug-likeness (QED) is 0.659. The fraction of sp³-hybridized carbons (Fsp3) is 0.100. The van der Waals surface area contributed by atoms with E-state index in [1.807, 2.05) is 31.2 Å². The van der Waals surface area contributed by atoms with E-state index >= 15 is 0 Å². The molecule has 2 heteroatoms. The summed E-state index contributed by atoms with van der Waals surface area (Å²) in [5.41, 5.74) is 2.11. The molecule has 0 saturated heterocycles. The van der Waals surface area contributed by atoms with Crippen molar-refractivity contribution in [3.8, 4) is 0 Å². The zero-order valence-corrected chi connectivity index (χ0v) is 9.03. The van der Waals surface area contributed by atoms with E-state index in [1.165, 1.54) is 9.18 Å². The summed E-state index contributed by atoms with van der Waals surface area (Å²) >= 11 is -0.571. The Morgan fingerprint density at radius 2 is 1.92 bits per heavy atom. The fourth-order valence-corrected chi connectivity index (χ4v) is 3.85. The van der Waals surface area contributed by atoms with Gasteiger partial charge in [0.2, 0.25) is 0 Å². The third kappa shape index (κ3) is 1.12. The number of hydrogen-bond donors (Lipinski definition) is 0.